The Morgan fingerprint density at radius 3 is 2.68 bits per heavy atom. The van der Waals surface area contributed by atoms with Crippen LogP contribution in [0.3, 0.4) is 0 Å². The number of nitrogens with zero attached hydrogens (tertiary/aromatic N) is 3. The third-order valence-corrected chi connectivity index (χ3v) is 4.90. The lowest BCUT2D eigenvalue weighted by Gasteiger charge is -2.44. The highest BCUT2D eigenvalue weighted by Crippen LogP contribution is 2.31. The highest BCUT2D eigenvalue weighted by molar-refractivity contribution is 9.10. The van der Waals surface area contributed by atoms with Crippen LogP contribution in [0.5, 0.6) is 0 Å². The van der Waals surface area contributed by atoms with Crippen LogP contribution in [0.1, 0.15) is 18.9 Å². The van der Waals surface area contributed by atoms with E-state index < -0.39 is 4.65 Å². The minimum absolute atomic E-state index is 0.315. The molecule has 1 unspecified atom stereocenters. The number of thioether (sulfide) groups is 1. The van der Waals surface area contributed by atoms with E-state index in [4.69, 9.17) is 0 Å². The molecule has 0 spiro atoms. The first-order chi connectivity index (χ1) is 10.6. The van der Waals surface area contributed by atoms with Crippen molar-refractivity contribution >= 4 is 39.4 Å². The highest BCUT2D eigenvalue weighted by Gasteiger charge is 2.38. The van der Waals surface area contributed by atoms with Crippen LogP contribution in [-0.2, 0) is 0 Å². The van der Waals surface area contributed by atoms with Crippen molar-refractivity contribution in [1.82, 2.24) is 5.32 Å². The number of hydroxylamine groups is 3. The van der Waals surface area contributed by atoms with Crippen LogP contribution in [0.15, 0.2) is 49.4 Å². The maximum Gasteiger partial charge on any atom is 0.260 e. The average Bonchev–Trinajstić information content (AvgIpc) is 2.95. The van der Waals surface area contributed by atoms with E-state index in [1.165, 1.54) is 0 Å². The number of amidine groups is 2. The molecule has 0 aromatic heterocycles. The fraction of sp³-hybridized carbons (Fsp3) is 0.333. The molecule has 116 valence electrons. The molecule has 0 bridgehead atoms. The van der Waals surface area contributed by atoms with Gasteiger partial charge >= 0.3 is 0 Å². The second-order valence-electron chi connectivity index (χ2n) is 5.21. The lowest BCUT2D eigenvalue weighted by Crippen LogP contribution is -2.56. The van der Waals surface area contributed by atoms with Gasteiger partial charge in [0.1, 0.15) is 5.03 Å². The molecule has 1 atom stereocenters. The lowest BCUT2D eigenvalue weighted by molar-refractivity contribution is -0.793. The van der Waals surface area contributed by atoms with Gasteiger partial charge in [-0.15, -0.1) is 11.8 Å². The molecule has 0 saturated carbocycles. The summed E-state index contributed by atoms with van der Waals surface area (Å²) in [5.41, 5.74) is 1.61. The van der Waals surface area contributed by atoms with Crippen molar-refractivity contribution in [2.75, 3.05) is 19.5 Å². The fourth-order valence-electron chi connectivity index (χ4n) is 2.57. The van der Waals surface area contributed by atoms with Gasteiger partial charge in [0.05, 0.1) is 6.54 Å². The van der Waals surface area contributed by atoms with Crippen LogP contribution in [0.4, 0.5) is 0 Å². The molecule has 7 heteroatoms. The first kappa shape index (κ1) is 15.7. The van der Waals surface area contributed by atoms with Gasteiger partial charge in [-0.05, 0) is 24.8 Å². The van der Waals surface area contributed by atoms with Crippen molar-refractivity contribution in [3.8, 4) is 0 Å². The normalized spacial score (nSPS) is 23.8. The Balaban J connectivity index is 2.05. The Kier molecular flexibility index (Phi) is 4.40. The predicted octanol–water partition coefficient (Wildman–Crippen LogP) is 3.43. The highest BCUT2D eigenvalue weighted by atomic mass is 79.9. The number of fused-ring (bicyclic) bond motifs is 1. The summed E-state index contributed by atoms with van der Waals surface area (Å²) in [5, 5.41) is 17.2. The number of aliphatic imine (C=N–C) groups is 2. The summed E-state index contributed by atoms with van der Waals surface area (Å²) in [6.07, 6.45) is 2.78. The van der Waals surface area contributed by atoms with Crippen LogP contribution in [0, 0.1) is 5.21 Å². The van der Waals surface area contributed by atoms with Gasteiger partial charge in [-0.25, -0.2) is 4.99 Å². The summed E-state index contributed by atoms with van der Waals surface area (Å²) in [6, 6.07) is 7.81. The third-order valence-electron chi connectivity index (χ3n) is 3.63. The summed E-state index contributed by atoms with van der Waals surface area (Å²) in [7, 11) is 0. The number of benzene rings is 1. The van der Waals surface area contributed by atoms with E-state index in [-0.39, 0.29) is 0 Å². The van der Waals surface area contributed by atoms with Gasteiger partial charge in [0.25, 0.3) is 5.84 Å². The number of quaternary nitrogens is 1. The molecule has 2 heterocycles. The van der Waals surface area contributed by atoms with Gasteiger partial charge in [-0.2, -0.15) is 4.99 Å². The Bertz CT molecular complexity index is 683. The van der Waals surface area contributed by atoms with Crippen LogP contribution in [0.25, 0.3) is 0 Å². The van der Waals surface area contributed by atoms with E-state index in [0.717, 1.165) is 21.5 Å². The van der Waals surface area contributed by atoms with Crippen molar-refractivity contribution < 1.29 is 4.65 Å². The van der Waals surface area contributed by atoms with Gasteiger partial charge in [0.15, 0.2) is 18.2 Å². The van der Waals surface area contributed by atoms with Gasteiger partial charge in [0.2, 0.25) is 0 Å². The zero-order chi connectivity index (χ0) is 15.7. The summed E-state index contributed by atoms with van der Waals surface area (Å²) in [4.78, 5) is 9.20. The lowest BCUT2D eigenvalue weighted by atomic mass is 10.2. The fourth-order valence-corrected chi connectivity index (χ4v) is 3.38. The van der Waals surface area contributed by atoms with Gasteiger partial charge < -0.3 is 10.5 Å². The molecule has 3 rings (SSSR count). The second kappa shape index (κ2) is 6.16. The van der Waals surface area contributed by atoms with E-state index in [9.17, 15) is 5.21 Å². The predicted molar refractivity (Wildman–Crippen MR) is 95.4 cm³/mol. The van der Waals surface area contributed by atoms with Crippen molar-refractivity contribution in [2.45, 2.75) is 13.3 Å². The zero-order valence-corrected chi connectivity index (χ0v) is 14.9. The molecule has 1 N–H and O–H groups in total. The maximum absolute atomic E-state index is 13.0. The monoisotopic (exact) mass is 380 g/mol. The van der Waals surface area contributed by atoms with Crippen molar-refractivity contribution in [2.24, 2.45) is 9.98 Å². The first-order valence-electron chi connectivity index (χ1n) is 7.12. The van der Waals surface area contributed by atoms with Gasteiger partial charge in [0, 0.05) is 10.0 Å². The minimum atomic E-state index is -0.459. The quantitative estimate of drug-likeness (QED) is 0.642. The summed E-state index contributed by atoms with van der Waals surface area (Å²) >= 11 is 4.99. The average molecular weight is 381 g/mol. The Hall–Kier alpha value is -1.15. The summed E-state index contributed by atoms with van der Waals surface area (Å²) < 4.78 is 0.546. The smallest absolute Gasteiger partial charge is 0.260 e. The van der Waals surface area contributed by atoms with Crippen LogP contribution in [-0.4, -0.2) is 35.8 Å². The molecule has 1 aromatic rings. The topological polar surface area (TPSA) is 59.8 Å². The molecule has 0 amide bonds. The zero-order valence-electron chi connectivity index (χ0n) is 12.5. The minimum Gasteiger partial charge on any atom is -0.625 e. The molecular formula is C15H17BrN4OS. The molecule has 0 radical (unpaired) electrons. The number of rotatable bonds is 4. The van der Waals surface area contributed by atoms with Crippen LogP contribution < -0.4 is 5.32 Å². The van der Waals surface area contributed by atoms with Crippen LogP contribution in [0.2, 0.25) is 0 Å². The Morgan fingerprint density at radius 1 is 1.32 bits per heavy atom. The number of nitrogens with one attached hydrogen (secondary N) is 1. The maximum atomic E-state index is 13.0. The number of halogens is 1. The Labute approximate surface area is 142 Å². The van der Waals surface area contributed by atoms with E-state index >= 15 is 0 Å². The number of hydrogen-bond acceptors (Lipinski definition) is 5. The van der Waals surface area contributed by atoms with E-state index in [1.807, 2.05) is 37.4 Å². The third kappa shape index (κ3) is 2.74. The standard InChI is InChI=1S/C15H17BrN4OS/c1-3-8-20(21)9-17-15(22-2)12-14(20)19-13(18-12)10-4-6-11(16)7-5-10/h4-7,17H,3,8-9H2,1-2H3. The molecule has 1 aromatic carbocycles. The van der Waals surface area contributed by atoms with Gasteiger partial charge in [-0.3, -0.25) is 4.65 Å². The SMILES string of the molecule is CCC[N+]1([O-])CNC(SC)=C2N=C(c3ccc(Br)cc3)N=C21. The van der Waals surface area contributed by atoms with E-state index in [2.05, 4.69) is 31.2 Å². The molecule has 5 nitrogen and oxygen atoms in total. The molecule has 0 fully saturated rings. The van der Waals surface area contributed by atoms with Gasteiger partial charge in [-0.1, -0.05) is 35.0 Å². The second-order valence-corrected chi connectivity index (χ2v) is 6.94. The molecule has 2 aliphatic rings. The molecule has 22 heavy (non-hydrogen) atoms. The van der Waals surface area contributed by atoms with Crippen molar-refractivity contribution in [3.63, 3.8) is 0 Å². The largest absolute Gasteiger partial charge is 0.625 e. The molecule has 0 aliphatic carbocycles. The van der Waals surface area contributed by atoms with E-state index in [0.29, 0.717) is 30.6 Å². The van der Waals surface area contributed by atoms with Crippen molar-refractivity contribution in [1.29, 1.82) is 0 Å². The first-order valence-corrected chi connectivity index (χ1v) is 9.13. The molecule has 2 aliphatic heterocycles. The Morgan fingerprint density at radius 2 is 2.05 bits per heavy atom. The molecular weight excluding hydrogens is 364 g/mol. The summed E-state index contributed by atoms with van der Waals surface area (Å²) in [5.74, 6) is 1.14. The molecule has 0 saturated heterocycles. The number of hydrogen-bond donors (Lipinski definition) is 1. The van der Waals surface area contributed by atoms with E-state index in [1.54, 1.807) is 11.8 Å². The van der Waals surface area contributed by atoms with Crippen molar-refractivity contribution in [3.05, 3.63) is 50.2 Å². The summed E-state index contributed by atoms with van der Waals surface area (Å²) in [6.45, 7) is 2.83. The van der Waals surface area contributed by atoms with Crippen LogP contribution >= 0.6 is 27.7 Å².